The van der Waals surface area contributed by atoms with Crippen LogP contribution in [0, 0.1) is 0 Å². The van der Waals surface area contributed by atoms with Gasteiger partial charge in [0.25, 0.3) is 0 Å². The van der Waals surface area contributed by atoms with Crippen LogP contribution in [0.15, 0.2) is 0 Å². The predicted molar refractivity (Wildman–Crippen MR) is 119 cm³/mol. The lowest BCUT2D eigenvalue weighted by Gasteiger charge is -2.36. The van der Waals surface area contributed by atoms with Crippen LogP contribution in [-0.4, -0.2) is 103 Å². The Kier molecular flexibility index (Phi) is 10.1. The minimum absolute atomic E-state index is 0.0502. The van der Waals surface area contributed by atoms with Gasteiger partial charge in [-0.15, -0.1) is 0 Å². The zero-order valence-electron chi connectivity index (χ0n) is 20.7. The number of carbonyl (C=O) groups excluding carboxylic acids is 2. The monoisotopic (exact) mass is 490 g/mol. The molecule has 196 valence electrons. The van der Waals surface area contributed by atoms with Crippen molar-refractivity contribution in [1.29, 1.82) is 0 Å². The molecule has 34 heavy (non-hydrogen) atoms. The van der Waals surface area contributed by atoms with Crippen molar-refractivity contribution in [2.75, 3.05) is 13.1 Å². The van der Waals surface area contributed by atoms with Crippen LogP contribution in [0.25, 0.3) is 0 Å². The molecule has 0 saturated carbocycles. The molecule has 2 amide bonds. The van der Waals surface area contributed by atoms with Crippen molar-refractivity contribution in [2.24, 2.45) is 0 Å². The lowest BCUT2D eigenvalue weighted by molar-refractivity contribution is -0.146. The minimum Gasteiger partial charge on any atom is -0.480 e. The molecule has 12 heteroatoms. The first-order valence-corrected chi connectivity index (χ1v) is 11.2. The molecule has 2 saturated heterocycles. The molecule has 0 aromatic heterocycles. The quantitative estimate of drug-likeness (QED) is 0.445. The second kappa shape index (κ2) is 11.7. The summed E-state index contributed by atoms with van der Waals surface area (Å²) in [6, 6.07) is -2.01. The molecule has 0 spiro atoms. The number of nitrogens with zero attached hydrogens (tertiary/aromatic N) is 2. The summed E-state index contributed by atoms with van der Waals surface area (Å²) in [5.74, 6) is -2.23. The SMILES string of the molecule is CC(C)(C)OC(=O)N1CC[C@@H](O)C[C@@H]1C(=O)O.CC(C)(C)OC(=O)N1CC[C@H](O)C[C@H]1C(=O)O. The number of ether oxygens (including phenoxy) is 2. The zero-order chi connectivity index (χ0) is 26.4. The lowest BCUT2D eigenvalue weighted by atomic mass is 10.0. The molecule has 2 fully saturated rings. The van der Waals surface area contributed by atoms with Crippen molar-refractivity contribution in [3.8, 4) is 0 Å². The Labute approximate surface area is 199 Å². The van der Waals surface area contributed by atoms with Gasteiger partial charge in [0.05, 0.1) is 12.2 Å². The van der Waals surface area contributed by atoms with Gasteiger partial charge in [0.15, 0.2) is 0 Å². The first-order chi connectivity index (χ1) is 15.4. The third kappa shape index (κ3) is 9.72. The fraction of sp³-hybridized carbons (Fsp3) is 0.818. The van der Waals surface area contributed by atoms with Crippen LogP contribution in [0.4, 0.5) is 9.59 Å². The molecule has 4 N–H and O–H groups in total. The van der Waals surface area contributed by atoms with Crippen molar-refractivity contribution in [3.63, 3.8) is 0 Å². The third-order valence-electron chi connectivity index (χ3n) is 4.98. The number of likely N-dealkylation sites (tertiary alicyclic amines) is 2. The van der Waals surface area contributed by atoms with Crippen molar-refractivity contribution in [3.05, 3.63) is 0 Å². The van der Waals surface area contributed by atoms with Crippen molar-refractivity contribution in [2.45, 2.75) is 103 Å². The predicted octanol–water partition coefficient (Wildman–Crippen LogP) is 1.66. The summed E-state index contributed by atoms with van der Waals surface area (Å²) in [5.41, 5.74) is -1.31. The van der Waals surface area contributed by atoms with Crippen molar-refractivity contribution in [1.82, 2.24) is 9.80 Å². The number of aliphatic hydroxyl groups excluding tert-OH is 2. The van der Waals surface area contributed by atoms with Crippen LogP contribution < -0.4 is 0 Å². The summed E-state index contributed by atoms with van der Waals surface area (Å²) >= 11 is 0. The molecule has 2 aliphatic heterocycles. The Morgan fingerprint density at radius 3 is 1.21 bits per heavy atom. The topological polar surface area (TPSA) is 174 Å². The Morgan fingerprint density at radius 2 is 0.971 bits per heavy atom. The Hall–Kier alpha value is -2.60. The molecule has 4 atom stereocenters. The highest BCUT2D eigenvalue weighted by Gasteiger charge is 2.38. The number of hydrogen-bond donors (Lipinski definition) is 4. The highest BCUT2D eigenvalue weighted by Crippen LogP contribution is 2.22. The van der Waals surface area contributed by atoms with E-state index in [-0.39, 0.29) is 25.9 Å². The van der Waals surface area contributed by atoms with Gasteiger partial charge < -0.3 is 29.9 Å². The molecule has 0 aliphatic carbocycles. The highest BCUT2D eigenvalue weighted by atomic mass is 16.6. The van der Waals surface area contributed by atoms with Gasteiger partial charge in [-0.05, 0) is 54.4 Å². The number of aliphatic hydroxyl groups is 2. The average molecular weight is 491 g/mol. The van der Waals surface area contributed by atoms with E-state index in [1.165, 1.54) is 9.80 Å². The molecule has 0 aromatic carbocycles. The van der Waals surface area contributed by atoms with Gasteiger partial charge in [0.1, 0.15) is 23.3 Å². The maximum Gasteiger partial charge on any atom is 0.411 e. The molecule has 0 aromatic rings. The molecule has 0 bridgehead atoms. The Bertz CT molecular complexity index is 681. The van der Waals surface area contributed by atoms with Crippen LogP contribution in [0.2, 0.25) is 0 Å². The molecule has 0 unspecified atom stereocenters. The fourth-order valence-corrected chi connectivity index (χ4v) is 3.44. The number of hydrogen-bond acceptors (Lipinski definition) is 8. The second-order valence-corrected chi connectivity index (χ2v) is 10.4. The van der Waals surface area contributed by atoms with Gasteiger partial charge in [-0.1, -0.05) is 0 Å². The first-order valence-electron chi connectivity index (χ1n) is 11.2. The molecule has 2 heterocycles. The molecule has 2 rings (SSSR count). The summed E-state index contributed by atoms with van der Waals surface area (Å²) in [6.45, 7) is 10.7. The van der Waals surface area contributed by atoms with Crippen molar-refractivity contribution >= 4 is 24.1 Å². The number of aliphatic carboxylic acids is 2. The van der Waals surface area contributed by atoms with Gasteiger partial charge >= 0.3 is 24.1 Å². The van der Waals surface area contributed by atoms with E-state index in [0.717, 1.165) is 0 Å². The standard InChI is InChI=1S/2C11H19NO5/c2*1-11(2,3)17-10(16)12-5-4-7(13)6-8(12)9(14)15/h2*7-8,13H,4-6H2,1-3H3,(H,14,15)/t2*7-,8-/m10/s1. The fourth-order valence-electron chi connectivity index (χ4n) is 3.44. The molecule has 0 radical (unpaired) electrons. The number of rotatable bonds is 2. The van der Waals surface area contributed by atoms with E-state index in [2.05, 4.69) is 0 Å². The van der Waals surface area contributed by atoms with E-state index in [4.69, 9.17) is 19.7 Å². The van der Waals surface area contributed by atoms with Gasteiger partial charge in [-0.2, -0.15) is 0 Å². The van der Waals surface area contributed by atoms with E-state index in [1.807, 2.05) is 0 Å². The number of carbonyl (C=O) groups is 4. The molecule has 12 nitrogen and oxygen atoms in total. The second-order valence-electron chi connectivity index (χ2n) is 10.4. The minimum atomic E-state index is -1.12. The maximum atomic E-state index is 11.8. The van der Waals surface area contributed by atoms with Gasteiger partial charge in [-0.25, -0.2) is 19.2 Å². The third-order valence-corrected chi connectivity index (χ3v) is 4.98. The number of amides is 2. The zero-order valence-corrected chi connectivity index (χ0v) is 20.7. The number of piperidine rings is 2. The number of carboxylic acids is 2. The smallest absolute Gasteiger partial charge is 0.411 e. The van der Waals surface area contributed by atoms with E-state index in [9.17, 15) is 29.4 Å². The molecular weight excluding hydrogens is 452 g/mol. The van der Waals surface area contributed by atoms with Crippen LogP contribution in [0.3, 0.4) is 0 Å². The van der Waals surface area contributed by atoms with Crippen LogP contribution in [0.5, 0.6) is 0 Å². The maximum absolute atomic E-state index is 11.8. The van der Waals surface area contributed by atoms with Crippen LogP contribution in [-0.2, 0) is 19.1 Å². The van der Waals surface area contributed by atoms with Gasteiger partial charge in [0.2, 0.25) is 0 Å². The normalized spacial score (nSPS) is 25.5. The first kappa shape index (κ1) is 29.4. The van der Waals surface area contributed by atoms with Gasteiger partial charge in [-0.3, -0.25) is 9.80 Å². The summed E-state index contributed by atoms with van der Waals surface area (Å²) in [4.78, 5) is 48.0. The summed E-state index contributed by atoms with van der Waals surface area (Å²) in [7, 11) is 0. The number of carboxylic acid groups (broad SMARTS) is 2. The summed E-state index contributed by atoms with van der Waals surface area (Å²) < 4.78 is 10.3. The van der Waals surface area contributed by atoms with E-state index in [0.29, 0.717) is 12.8 Å². The Morgan fingerprint density at radius 1 is 0.676 bits per heavy atom. The van der Waals surface area contributed by atoms with Crippen LogP contribution in [0.1, 0.15) is 67.2 Å². The summed E-state index contributed by atoms with van der Waals surface area (Å²) in [5, 5.41) is 36.9. The van der Waals surface area contributed by atoms with Gasteiger partial charge in [0, 0.05) is 25.9 Å². The van der Waals surface area contributed by atoms with Crippen LogP contribution >= 0.6 is 0 Å². The summed E-state index contributed by atoms with van der Waals surface area (Å²) in [6.07, 6.45) is -1.77. The average Bonchev–Trinajstić information content (AvgIpc) is 2.65. The Balaban J connectivity index is 0.000000340. The molecular formula is C22H38N2O10. The van der Waals surface area contributed by atoms with Crippen molar-refractivity contribution < 1.29 is 49.1 Å². The van der Waals surface area contributed by atoms with E-state index in [1.54, 1.807) is 41.5 Å². The lowest BCUT2D eigenvalue weighted by Crippen LogP contribution is -2.52. The van der Waals surface area contributed by atoms with E-state index < -0.39 is 59.6 Å². The largest absolute Gasteiger partial charge is 0.480 e. The highest BCUT2D eigenvalue weighted by molar-refractivity contribution is 5.81. The molecule has 2 aliphatic rings. The van der Waals surface area contributed by atoms with E-state index >= 15 is 0 Å².